The molecule has 0 amide bonds. The molecule has 0 spiro atoms. The molecule has 0 aliphatic heterocycles. The van der Waals surface area contributed by atoms with Gasteiger partial charge in [-0.3, -0.25) is 0 Å². The van der Waals surface area contributed by atoms with Gasteiger partial charge in [-0.1, -0.05) is 12.1 Å². The topological polar surface area (TPSA) is 29.4 Å². The zero-order valence-electron chi connectivity index (χ0n) is 7.38. The molecule has 68 valence electrons. The van der Waals surface area contributed by atoms with E-state index in [4.69, 9.17) is 0 Å². The van der Waals surface area contributed by atoms with E-state index < -0.39 is 0 Å². The third-order valence-electron chi connectivity index (χ3n) is 1.81. The first-order valence-corrected chi connectivity index (χ1v) is 4.02. The summed E-state index contributed by atoms with van der Waals surface area (Å²) >= 11 is 0. The van der Waals surface area contributed by atoms with E-state index in [0.717, 1.165) is 5.56 Å². The molecule has 0 atom stereocenters. The second-order valence-corrected chi connectivity index (χ2v) is 2.81. The standard InChI is InChI=1S/C10H10FNO/c1-8-2-3-9(6-10(8)11)4-5-12-7-13/h2-3,6H,4-5H2,1H3. The summed E-state index contributed by atoms with van der Waals surface area (Å²) < 4.78 is 13.0. The van der Waals surface area contributed by atoms with Gasteiger partial charge in [0.05, 0.1) is 6.54 Å². The Morgan fingerprint density at radius 2 is 2.31 bits per heavy atom. The molecular formula is C10H10FNO. The summed E-state index contributed by atoms with van der Waals surface area (Å²) in [4.78, 5) is 13.1. The quantitative estimate of drug-likeness (QED) is 0.515. The van der Waals surface area contributed by atoms with Crippen LogP contribution in [0, 0.1) is 12.7 Å². The van der Waals surface area contributed by atoms with Crippen LogP contribution in [0.25, 0.3) is 0 Å². The Kier molecular flexibility index (Phi) is 3.35. The van der Waals surface area contributed by atoms with E-state index in [1.807, 2.05) is 6.07 Å². The molecule has 3 heteroatoms. The molecule has 1 aromatic carbocycles. The summed E-state index contributed by atoms with van der Waals surface area (Å²) in [5.41, 5.74) is 1.48. The van der Waals surface area contributed by atoms with Gasteiger partial charge in [0, 0.05) is 0 Å². The summed E-state index contributed by atoms with van der Waals surface area (Å²) in [7, 11) is 0. The Morgan fingerprint density at radius 3 is 2.92 bits per heavy atom. The maximum atomic E-state index is 13.0. The fourth-order valence-electron chi connectivity index (χ4n) is 1.02. The van der Waals surface area contributed by atoms with Crippen LogP contribution in [0.5, 0.6) is 0 Å². The van der Waals surface area contributed by atoms with E-state index in [2.05, 4.69) is 4.99 Å². The number of isocyanates is 1. The summed E-state index contributed by atoms with van der Waals surface area (Å²) in [6.45, 7) is 2.08. The van der Waals surface area contributed by atoms with Crippen LogP contribution >= 0.6 is 0 Å². The molecule has 0 N–H and O–H groups in total. The highest BCUT2D eigenvalue weighted by atomic mass is 19.1. The Labute approximate surface area is 76.1 Å². The molecule has 0 bridgehead atoms. The summed E-state index contributed by atoms with van der Waals surface area (Å²) in [6.07, 6.45) is 2.02. The zero-order chi connectivity index (χ0) is 9.68. The van der Waals surface area contributed by atoms with E-state index in [1.54, 1.807) is 13.0 Å². The number of aliphatic imine (C=N–C) groups is 1. The van der Waals surface area contributed by atoms with Gasteiger partial charge in [0.2, 0.25) is 6.08 Å². The summed E-state index contributed by atoms with van der Waals surface area (Å²) in [5, 5.41) is 0. The molecule has 0 unspecified atom stereocenters. The molecule has 0 saturated heterocycles. The highest BCUT2D eigenvalue weighted by Gasteiger charge is 1.98. The molecule has 1 rings (SSSR count). The van der Waals surface area contributed by atoms with Gasteiger partial charge in [0.25, 0.3) is 0 Å². The van der Waals surface area contributed by atoms with Crippen molar-refractivity contribution < 1.29 is 9.18 Å². The fraction of sp³-hybridized carbons (Fsp3) is 0.300. The Hall–Kier alpha value is -1.47. The van der Waals surface area contributed by atoms with Crippen LogP contribution in [0.15, 0.2) is 23.2 Å². The second-order valence-electron chi connectivity index (χ2n) is 2.81. The van der Waals surface area contributed by atoms with Gasteiger partial charge in [-0.15, -0.1) is 0 Å². The van der Waals surface area contributed by atoms with E-state index >= 15 is 0 Å². The minimum atomic E-state index is -0.215. The minimum absolute atomic E-state index is 0.215. The number of aryl methyl sites for hydroxylation is 1. The molecule has 0 saturated carbocycles. The molecule has 0 radical (unpaired) electrons. The molecular weight excluding hydrogens is 169 g/mol. The van der Waals surface area contributed by atoms with Crippen LogP contribution in [0.2, 0.25) is 0 Å². The predicted molar refractivity (Wildman–Crippen MR) is 47.8 cm³/mol. The normalized spacial score (nSPS) is 9.38. The lowest BCUT2D eigenvalue weighted by molar-refractivity contribution is 0.563. The highest BCUT2D eigenvalue weighted by molar-refractivity contribution is 5.33. The van der Waals surface area contributed by atoms with Crippen molar-refractivity contribution >= 4 is 6.08 Å². The van der Waals surface area contributed by atoms with Crippen molar-refractivity contribution in [1.29, 1.82) is 0 Å². The van der Waals surface area contributed by atoms with Crippen molar-refractivity contribution in [3.05, 3.63) is 35.1 Å². The first-order chi connectivity index (χ1) is 6.24. The lowest BCUT2D eigenvalue weighted by Crippen LogP contribution is -1.91. The molecule has 2 nitrogen and oxygen atoms in total. The van der Waals surface area contributed by atoms with Crippen LogP contribution in [0.3, 0.4) is 0 Å². The van der Waals surface area contributed by atoms with Crippen LogP contribution in [0.4, 0.5) is 4.39 Å². The second kappa shape index (κ2) is 4.53. The first kappa shape index (κ1) is 9.62. The fourth-order valence-corrected chi connectivity index (χ4v) is 1.02. The van der Waals surface area contributed by atoms with E-state index in [1.165, 1.54) is 12.1 Å². The number of nitrogens with zero attached hydrogens (tertiary/aromatic N) is 1. The molecule has 0 aliphatic rings. The zero-order valence-corrected chi connectivity index (χ0v) is 7.38. The maximum Gasteiger partial charge on any atom is 0.234 e. The lowest BCUT2D eigenvalue weighted by atomic mass is 10.1. The molecule has 0 heterocycles. The SMILES string of the molecule is Cc1ccc(CCN=C=O)cc1F. The van der Waals surface area contributed by atoms with Gasteiger partial charge in [0.1, 0.15) is 5.82 Å². The van der Waals surface area contributed by atoms with Gasteiger partial charge in [-0.25, -0.2) is 14.2 Å². The van der Waals surface area contributed by atoms with E-state index in [9.17, 15) is 9.18 Å². The summed E-state index contributed by atoms with van der Waals surface area (Å²) in [6, 6.07) is 5.02. The third-order valence-corrected chi connectivity index (χ3v) is 1.81. The van der Waals surface area contributed by atoms with Gasteiger partial charge < -0.3 is 0 Å². The van der Waals surface area contributed by atoms with Crippen LogP contribution in [-0.2, 0) is 11.2 Å². The minimum Gasteiger partial charge on any atom is -0.211 e. The Morgan fingerprint density at radius 1 is 1.54 bits per heavy atom. The number of rotatable bonds is 3. The smallest absolute Gasteiger partial charge is 0.211 e. The summed E-state index contributed by atoms with van der Waals surface area (Å²) in [5.74, 6) is -0.215. The molecule has 13 heavy (non-hydrogen) atoms. The number of benzene rings is 1. The monoisotopic (exact) mass is 179 g/mol. The average molecular weight is 179 g/mol. The third kappa shape index (κ3) is 2.80. The van der Waals surface area contributed by atoms with Gasteiger partial charge in [-0.05, 0) is 30.5 Å². The van der Waals surface area contributed by atoms with Crippen molar-refractivity contribution in [2.75, 3.05) is 6.54 Å². The highest BCUT2D eigenvalue weighted by Crippen LogP contribution is 2.09. The van der Waals surface area contributed by atoms with Gasteiger partial charge >= 0.3 is 0 Å². The van der Waals surface area contributed by atoms with Crippen molar-refractivity contribution in [2.24, 2.45) is 4.99 Å². The molecule has 0 aromatic heterocycles. The van der Waals surface area contributed by atoms with Crippen molar-refractivity contribution in [1.82, 2.24) is 0 Å². The average Bonchev–Trinajstić information content (AvgIpc) is 2.12. The predicted octanol–water partition coefficient (Wildman–Crippen LogP) is 2.01. The Bertz CT molecular complexity index is 343. The number of halogens is 1. The van der Waals surface area contributed by atoms with Crippen molar-refractivity contribution in [2.45, 2.75) is 13.3 Å². The van der Waals surface area contributed by atoms with Gasteiger partial charge in [0.15, 0.2) is 0 Å². The van der Waals surface area contributed by atoms with Crippen LogP contribution in [-0.4, -0.2) is 12.6 Å². The van der Waals surface area contributed by atoms with E-state index in [-0.39, 0.29) is 5.82 Å². The number of hydrogen-bond donors (Lipinski definition) is 0. The lowest BCUT2D eigenvalue weighted by Gasteiger charge is -1.99. The number of hydrogen-bond acceptors (Lipinski definition) is 2. The van der Waals surface area contributed by atoms with E-state index in [0.29, 0.717) is 18.5 Å². The van der Waals surface area contributed by atoms with Crippen LogP contribution in [0.1, 0.15) is 11.1 Å². The molecule has 0 aliphatic carbocycles. The first-order valence-electron chi connectivity index (χ1n) is 4.02. The maximum absolute atomic E-state index is 13.0. The largest absolute Gasteiger partial charge is 0.234 e. The Balaban J connectivity index is 2.68. The molecule has 1 aromatic rings. The number of carbonyl (C=O) groups excluding carboxylic acids is 1. The van der Waals surface area contributed by atoms with Gasteiger partial charge in [-0.2, -0.15) is 0 Å². The van der Waals surface area contributed by atoms with Crippen LogP contribution < -0.4 is 0 Å². The van der Waals surface area contributed by atoms with Crippen molar-refractivity contribution in [3.8, 4) is 0 Å². The van der Waals surface area contributed by atoms with Crippen molar-refractivity contribution in [3.63, 3.8) is 0 Å². The molecule has 0 fully saturated rings.